The highest BCUT2D eigenvalue weighted by Crippen LogP contribution is 2.40. The Hall–Kier alpha value is -3.46. The second kappa shape index (κ2) is 9.42. The summed E-state index contributed by atoms with van der Waals surface area (Å²) in [6.07, 6.45) is 5.07. The monoisotopic (exact) mass is 522 g/mol. The van der Waals surface area contributed by atoms with Gasteiger partial charge in [-0.2, -0.15) is 0 Å². The molecule has 9 heteroatoms. The van der Waals surface area contributed by atoms with Gasteiger partial charge >= 0.3 is 6.09 Å². The summed E-state index contributed by atoms with van der Waals surface area (Å²) in [6.45, 7) is 9.88. The van der Waals surface area contributed by atoms with Gasteiger partial charge in [0.2, 0.25) is 0 Å². The van der Waals surface area contributed by atoms with Gasteiger partial charge < -0.3 is 20.4 Å². The first-order valence-electron chi connectivity index (χ1n) is 10.9. The van der Waals surface area contributed by atoms with Crippen molar-refractivity contribution >= 4 is 49.8 Å². The van der Waals surface area contributed by atoms with Crippen LogP contribution < -0.4 is 11.1 Å². The molecular formula is C25H27BrN6O2. The van der Waals surface area contributed by atoms with E-state index in [1.165, 1.54) is 6.33 Å². The molecule has 0 aliphatic carbocycles. The van der Waals surface area contributed by atoms with Crippen LogP contribution in [0.15, 0.2) is 60.1 Å². The fourth-order valence-electron chi connectivity index (χ4n) is 3.82. The van der Waals surface area contributed by atoms with E-state index in [1.807, 2.05) is 55.8 Å². The Morgan fingerprint density at radius 2 is 2.06 bits per heavy atom. The van der Waals surface area contributed by atoms with Crippen molar-refractivity contribution < 1.29 is 9.53 Å². The predicted molar refractivity (Wildman–Crippen MR) is 138 cm³/mol. The van der Waals surface area contributed by atoms with E-state index in [1.54, 1.807) is 6.08 Å². The fourth-order valence-corrected chi connectivity index (χ4v) is 4.59. The molecule has 4 rings (SSSR count). The van der Waals surface area contributed by atoms with E-state index in [2.05, 4.69) is 48.8 Å². The number of hydrogen-bond acceptors (Lipinski definition) is 6. The molecule has 1 amide bonds. The van der Waals surface area contributed by atoms with Crippen LogP contribution in [0.5, 0.6) is 0 Å². The Morgan fingerprint density at radius 3 is 2.79 bits per heavy atom. The minimum absolute atomic E-state index is 0.288. The van der Waals surface area contributed by atoms with Gasteiger partial charge in [0.1, 0.15) is 23.4 Å². The number of anilines is 1. The molecule has 0 aliphatic rings. The van der Waals surface area contributed by atoms with Crippen molar-refractivity contribution in [2.24, 2.45) is 0 Å². The van der Waals surface area contributed by atoms with Crippen LogP contribution in [0.4, 0.5) is 10.6 Å². The second-order valence-corrected chi connectivity index (χ2v) is 9.72. The average Bonchev–Trinajstić information content (AvgIpc) is 3.07. The highest BCUT2D eigenvalue weighted by molar-refractivity contribution is 9.10. The van der Waals surface area contributed by atoms with E-state index in [9.17, 15) is 4.79 Å². The number of rotatable bonds is 6. The van der Waals surface area contributed by atoms with Crippen molar-refractivity contribution in [1.29, 1.82) is 0 Å². The molecule has 3 aromatic heterocycles. The number of aryl methyl sites for hydroxylation is 1. The molecule has 4 aromatic rings. The quantitative estimate of drug-likeness (QED) is 0.325. The third kappa shape index (κ3) is 4.89. The van der Waals surface area contributed by atoms with E-state index < -0.39 is 11.7 Å². The lowest BCUT2D eigenvalue weighted by atomic mass is 10.1. The Bertz CT molecular complexity index is 1380. The van der Waals surface area contributed by atoms with Gasteiger partial charge in [0.15, 0.2) is 0 Å². The number of fused-ring (bicyclic) bond motifs is 2. The molecular weight excluding hydrogens is 496 g/mol. The van der Waals surface area contributed by atoms with Crippen molar-refractivity contribution in [2.45, 2.75) is 45.4 Å². The molecule has 3 heterocycles. The van der Waals surface area contributed by atoms with Gasteiger partial charge in [-0.1, -0.05) is 24.3 Å². The third-order valence-corrected chi connectivity index (χ3v) is 6.16. The van der Waals surface area contributed by atoms with Crippen LogP contribution in [0.1, 0.15) is 27.2 Å². The topological polar surface area (TPSA) is 108 Å². The third-order valence-electron chi connectivity index (χ3n) is 5.34. The van der Waals surface area contributed by atoms with E-state index >= 15 is 0 Å². The number of nitrogens with one attached hydrogen (secondary N) is 1. The van der Waals surface area contributed by atoms with E-state index in [-0.39, 0.29) is 6.04 Å². The van der Waals surface area contributed by atoms with Gasteiger partial charge in [-0.05, 0) is 55.3 Å². The van der Waals surface area contributed by atoms with Crippen LogP contribution in [0.3, 0.4) is 0 Å². The average molecular weight is 523 g/mol. The summed E-state index contributed by atoms with van der Waals surface area (Å²) in [5, 5.41) is 4.63. The SMILES string of the molecule is C=C[C@@H](CCn1c(Br)c(-c2cnc3ccccc3c2)c2c(N)ncnc21)NC(=O)OC(C)(C)C. The number of ether oxygens (including phenoxy) is 1. The van der Waals surface area contributed by atoms with Gasteiger partial charge in [0.05, 0.1) is 21.5 Å². The second-order valence-electron chi connectivity index (χ2n) is 8.97. The molecule has 3 N–H and O–H groups in total. The van der Waals surface area contributed by atoms with Crippen molar-refractivity contribution in [3.63, 3.8) is 0 Å². The Morgan fingerprint density at radius 1 is 1.29 bits per heavy atom. The number of hydrogen-bond donors (Lipinski definition) is 2. The van der Waals surface area contributed by atoms with E-state index in [0.29, 0.717) is 24.4 Å². The summed E-state index contributed by atoms with van der Waals surface area (Å²) in [4.78, 5) is 25.6. The molecule has 1 atom stereocenters. The first-order chi connectivity index (χ1) is 16.2. The van der Waals surface area contributed by atoms with Gasteiger partial charge in [-0.15, -0.1) is 6.58 Å². The Balaban J connectivity index is 1.69. The molecule has 0 unspecified atom stereocenters. The Labute approximate surface area is 206 Å². The van der Waals surface area contributed by atoms with Crippen LogP contribution >= 0.6 is 15.9 Å². The number of alkyl carbamates (subject to hydrolysis) is 1. The highest BCUT2D eigenvalue weighted by atomic mass is 79.9. The molecule has 0 spiro atoms. The van der Waals surface area contributed by atoms with Gasteiger partial charge in [0.25, 0.3) is 0 Å². The summed E-state index contributed by atoms with van der Waals surface area (Å²) in [7, 11) is 0. The smallest absolute Gasteiger partial charge is 0.408 e. The molecule has 0 bridgehead atoms. The molecule has 0 aliphatic heterocycles. The number of aromatic nitrogens is 4. The maximum absolute atomic E-state index is 12.2. The minimum Gasteiger partial charge on any atom is -0.444 e. The van der Waals surface area contributed by atoms with Crippen molar-refractivity contribution in [1.82, 2.24) is 24.8 Å². The summed E-state index contributed by atoms with van der Waals surface area (Å²) >= 11 is 3.77. The molecule has 8 nitrogen and oxygen atoms in total. The lowest BCUT2D eigenvalue weighted by Crippen LogP contribution is -2.38. The maximum atomic E-state index is 12.2. The molecule has 34 heavy (non-hydrogen) atoms. The molecule has 0 radical (unpaired) electrons. The number of carbonyl (C=O) groups excluding carboxylic acids is 1. The summed E-state index contributed by atoms with van der Waals surface area (Å²) in [6, 6.07) is 9.73. The number of halogens is 1. The molecule has 1 aromatic carbocycles. The van der Waals surface area contributed by atoms with Crippen LogP contribution in [0.25, 0.3) is 33.1 Å². The maximum Gasteiger partial charge on any atom is 0.408 e. The zero-order valence-electron chi connectivity index (χ0n) is 19.4. The summed E-state index contributed by atoms with van der Waals surface area (Å²) in [5.74, 6) is 0.389. The molecule has 0 saturated carbocycles. The number of nitrogens with zero attached hydrogens (tertiary/aromatic N) is 4. The number of amides is 1. The van der Waals surface area contributed by atoms with Crippen LogP contribution in [-0.2, 0) is 11.3 Å². The summed E-state index contributed by atoms with van der Waals surface area (Å²) < 4.78 is 8.20. The van der Waals surface area contributed by atoms with Gasteiger partial charge in [0, 0.05) is 29.3 Å². The van der Waals surface area contributed by atoms with Crippen molar-refractivity contribution in [3.05, 3.63) is 60.1 Å². The first kappa shape index (κ1) is 23.7. The predicted octanol–water partition coefficient (Wildman–Crippen LogP) is 5.46. The number of nitrogen functional groups attached to an aromatic ring is 1. The molecule has 0 saturated heterocycles. The number of carbonyl (C=O) groups is 1. The van der Waals surface area contributed by atoms with Gasteiger partial charge in [-0.25, -0.2) is 14.8 Å². The number of nitrogens with two attached hydrogens (primary N) is 1. The fraction of sp³-hybridized carbons (Fsp3) is 0.280. The van der Waals surface area contributed by atoms with Crippen molar-refractivity contribution in [3.8, 4) is 11.1 Å². The van der Waals surface area contributed by atoms with Crippen LogP contribution in [0, 0.1) is 0 Å². The lowest BCUT2D eigenvalue weighted by Gasteiger charge is -2.22. The Kier molecular flexibility index (Phi) is 6.56. The summed E-state index contributed by atoms with van der Waals surface area (Å²) in [5.41, 5.74) is 9.12. The van der Waals surface area contributed by atoms with Crippen LogP contribution in [0.2, 0.25) is 0 Å². The zero-order valence-corrected chi connectivity index (χ0v) is 21.0. The molecule has 0 fully saturated rings. The minimum atomic E-state index is -0.577. The largest absolute Gasteiger partial charge is 0.444 e. The van der Waals surface area contributed by atoms with E-state index in [0.717, 1.165) is 32.0 Å². The van der Waals surface area contributed by atoms with Gasteiger partial charge in [-0.3, -0.25) is 4.98 Å². The number of benzene rings is 1. The molecule has 176 valence electrons. The van der Waals surface area contributed by atoms with Crippen molar-refractivity contribution in [2.75, 3.05) is 5.73 Å². The standard InChI is InChI=1S/C25H27BrN6O2/c1-5-17(31-24(33)34-25(2,3)4)10-11-32-21(26)19(20-22(27)29-14-30-23(20)32)16-12-15-8-6-7-9-18(15)28-13-16/h5-9,12-14,17H,1,10-11H2,2-4H3,(H,31,33)(H2,27,29,30)/t17-/m0/s1. The number of para-hydroxylation sites is 1. The first-order valence-corrected chi connectivity index (χ1v) is 11.7. The zero-order chi connectivity index (χ0) is 24.5. The number of pyridine rings is 1. The van der Waals surface area contributed by atoms with E-state index in [4.69, 9.17) is 10.5 Å². The highest BCUT2D eigenvalue weighted by Gasteiger charge is 2.23. The lowest BCUT2D eigenvalue weighted by molar-refractivity contribution is 0.0512. The normalized spacial score (nSPS) is 12.6. The van der Waals surface area contributed by atoms with Crippen LogP contribution in [-0.4, -0.2) is 37.3 Å².